The standard InChI is InChI=1S/C21H28F4N2O3/c1-3-4-5-6-13(2)19(28)30-20-10-14(16(11-22)27-20)9-17(20)29-18-8-7-15(12-26-18)21(23,24)25/h7-8,12-14,16-17,27H,3-6,9-11H2,1-2H3. The Morgan fingerprint density at radius 1 is 1.37 bits per heavy atom. The molecular formula is C21H28F4N2O3. The van der Waals surface area contributed by atoms with E-state index in [9.17, 15) is 22.4 Å². The summed E-state index contributed by atoms with van der Waals surface area (Å²) >= 11 is 0. The molecule has 2 aliphatic rings. The van der Waals surface area contributed by atoms with Crippen molar-refractivity contribution in [1.29, 1.82) is 0 Å². The Morgan fingerprint density at radius 3 is 2.73 bits per heavy atom. The van der Waals surface area contributed by atoms with Gasteiger partial charge in [-0.05, 0) is 24.8 Å². The Balaban J connectivity index is 1.70. The average molecular weight is 432 g/mol. The van der Waals surface area contributed by atoms with Gasteiger partial charge >= 0.3 is 12.1 Å². The van der Waals surface area contributed by atoms with Gasteiger partial charge in [-0.3, -0.25) is 10.1 Å². The number of esters is 1. The number of aromatic nitrogens is 1. The molecule has 30 heavy (non-hydrogen) atoms. The Labute approximate surface area is 173 Å². The Kier molecular flexibility index (Phi) is 6.89. The summed E-state index contributed by atoms with van der Waals surface area (Å²) in [6.07, 6.45) is 0.0845. The zero-order valence-electron chi connectivity index (χ0n) is 17.2. The summed E-state index contributed by atoms with van der Waals surface area (Å²) in [6, 6.07) is 1.60. The number of carbonyl (C=O) groups is 1. The van der Waals surface area contributed by atoms with Gasteiger partial charge in [-0.1, -0.05) is 33.1 Å². The van der Waals surface area contributed by atoms with Crippen molar-refractivity contribution in [3.8, 4) is 5.88 Å². The van der Waals surface area contributed by atoms with Gasteiger partial charge in [0.2, 0.25) is 11.6 Å². The van der Waals surface area contributed by atoms with Crippen molar-refractivity contribution in [1.82, 2.24) is 10.3 Å². The number of pyridine rings is 1. The molecule has 3 rings (SSSR count). The third-order valence-electron chi connectivity index (χ3n) is 6.02. The van der Waals surface area contributed by atoms with Crippen LogP contribution in [-0.4, -0.2) is 35.5 Å². The van der Waals surface area contributed by atoms with Gasteiger partial charge in [-0.25, -0.2) is 9.37 Å². The number of halogens is 4. The third-order valence-corrected chi connectivity index (χ3v) is 6.02. The highest BCUT2D eigenvalue weighted by molar-refractivity contribution is 5.72. The molecule has 2 fully saturated rings. The maximum absolute atomic E-state index is 13.4. The molecule has 1 aromatic heterocycles. The summed E-state index contributed by atoms with van der Waals surface area (Å²) < 4.78 is 63.2. The highest BCUT2D eigenvalue weighted by Crippen LogP contribution is 2.46. The molecule has 0 amide bonds. The van der Waals surface area contributed by atoms with Gasteiger partial charge in [0, 0.05) is 24.7 Å². The van der Waals surface area contributed by atoms with Crippen molar-refractivity contribution in [3.63, 3.8) is 0 Å². The van der Waals surface area contributed by atoms with Crippen LogP contribution in [-0.2, 0) is 15.7 Å². The van der Waals surface area contributed by atoms with E-state index in [0.717, 1.165) is 31.4 Å². The van der Waals surface area contributed by atoms with Gasteiger partial charge in [0.15, 0.2) is 6.10 Å². The van der Waals surface area contributed by atoms with E-state index >= 15 is 0 Å². The predicted molar refractivity (Wildman–Crippen MR) is 101 cm³/mol. The predicted octanol–water partition coefficient (Wildman–Crippen LogP) is 4.66. The number of hydrogen-bond donors (Lipinski definition) is 1. The average Bonchev–Trinajstić information content (AvgIpc) is 3.22. The summed E-state index contributed by atoms with van der Waals surface area (Å²) in [7, 11) is 0. The molecule has 1 N–H and O–H groups in total. The molecule has 1 saturated carbocycles. The highest BCUT2D eigenvalue weighted by Gasteiger charge is 2.61. The number of fused-ring (bicyclic) bond motifs is 2. The molecule has 5 nitrogen and oxygen atoms in total. The highest BCUT2D eigenvalue weighted by atomic mass is 19.4. The zero-order valence-corrected chi connectivity index (χ0v) is 17.2. The number of unbranched alkanes of at least 4 members (excludes halogenated alkanes) is 2. The first-order valence-electron chi connectivity index (χ1n) is 10.4. The summed E-state index contributed by atoms with van der Waals surface area (Å²) in [5, 5.41) is 3.06. The van der Waals surface area contributed by atoms with Crippen molar-refractivity contribution in [2.45, 2.75) is 76.4 Å². The number of nitrogens with one attached hydrogen (secondary N) is 1. The maximum atomic E-state index is 13.4. The molecule has 1 aliphatic heterocycles. The van der Waals surface area contributed by atoms with Crippen LogP contribution < -0.4 is 10.1 Å². The van der Waals surface area contributed by atoms with Crippen LogP contribution in [0.1, 0.15) is 57.9 Å². The van der Waals surface area contributed by atoms with E-state index in [1.165, 1.54) is 0 Å². The summed E-state index contributed by atoms with van der Waals surface area (Å²) in [5.41, 5.74) is -2.07. The van der Waals surface area contributed by atoms with Gasteiger partial charge in [-0.15, -0.1) is 0 Å². The number of piperidine rings is 1. The summed E-state index contributed by atoms with van der Waals surface area (Å²) in [5.74, 6) is -0.767. The van der Waals surface area contributed by atoms with E-state index in [4.69, 9.17) is 9.47 Å². The number of alkyl halides is 4. The van der Waals surface area contributed by atoms with E-state index < -0.39 is 36.3 Å². The molecule has 168 valence electrons. The van der Waals surface area contributed by atoms with Crippen LogP contribution in [0.4, 0.5) is 17.6 Å². The third kappa shape index (κ3) is 4.87. The van der Waals surface area contributed by atoms with Crippen molar-refractivity contribution in [2.24, 2.45) is 11.8 Å². The minimum atomic E-state index is -4.49. The molecule has 0 spiro atoms. The minimum absolute atomic E-state index is 0.00515. The van der Waals surface area contributed by atoms with E-state index in [2.05, 4.69) is 17.2 Å². The van der Waals surface area contributed by atoms with Crippen molar-refractivity contribution in [2.75, 3.05) is 6.67 Å². The molecular weight excluding hydrogens is 404 g/mol. The lowest BCUT2D eigenvalue weighted by atomic mass is 10.00. The largest absolute Gasteiger partial charge is 0.469 e. The monoisotopic (exact) mass is 432 g/mol. The lowest BCUT2D eigenvalue weighted by Crippen LogP contribution is -2.59. The lowest BCUT2D eigenvalue weighted by Gasteiger charge is -2.37. The second-order valence-corrected chi connectivity index (χ2v) is 8.30. The van der Waals surface area contributed by atoms with Crippen LogP contribution in [0, 0.1) is 11.8 Å². The second-order valence-electron chi connectivity index (χ2n) is 8.30. The summed E-state index contributed by atoms with van der Waals surface area (Å²) in [6.45, 7) is 3.29. The van der Waals surface area contributed by atoms with E-state index in [-0.39, 0.29) is 23.7 Å². The topological polar surface area (TPSA) is 60.5 Å². The van der Waals surface area contributed by atoms with Gasteiger partial charge in [0.1, 0.15) is 6.67 Å². The van der Waals surface area contributed by atoms with Gasteiger partial charge < -0.3 is 9.47 Å². The van der Waals surface area contributed by atoms with Crippen molar-refractivity contribution in [3.05, 3.63) is 23.9 Å². The smallest absolute Gasteiger partial charge is 0.417 e. The van der Waals surface area contributed by atoms with Crippen LogP contribution in [0.3, 0.4) is 0 Å². The van der Waals surface area contributed by atoms with Gasteiger partial charge in [0.25, 0.3) is 0 Å². The van der Waals surface area contributed by atoms with Crippen LogP contribution in [0.25, 0.3) is 0 Å². The number of rotatable bonds is 9. The van der Waals surface area contributed by atoms with E-state index in [1.807, 2.05) is 0 Å². The molecule has 9 heteroatoms. The van der Waals surface area contributed by atoms with Crippen LogP contribution in [0.15, 0.2) is 18.3 Å². The summed E-state index contributed by atoms with van der Waals surface area (Å²) in [4.78, 5) is 16.4. The van der Waals surface area contributed by atoms with Crippen LogP contribution in [0.2, 0.25) is 0 Å². The second kappa shape index (κ2) is 9.08. The molecule has 1 saturated heterocycles. The molecule has 0 aromatic carbocycles. The first-order chi connectivity index (χ1) is 14.2. The molecule has 2 bridgehead atoms. The fourth-order valence-electron chi connectivity index (χ4n) is 4.27. The van der Waals surface area contributed by atoms with E-state index in [0.29, 0.717) is 25.5 Å². The normalized spacial score (nSPS) is 29.1. The number of nitrogens with zero attached hydrogens (tertiary/aromatic N) is 1. The molecule has 1 aromatic rings. The molecule has 5 atom stereocenters. The van der Waals surface area contributed by atoms with Crippen LogP contribution in [0.5, 0.6) is 5.88 Å². The van der Waals surface area contributed by atoms with Crippen molar-refractivity contribution >= 4 is 5.97 Å². The van der Waals surface area contributed by atoms with Crippen LogP contribution >= 0.6 is 0 Å². The SMILES string of the molecule is CCCCCC(C)C(=O)OC12CC(CC1Oc1ccc(C(F)(F)F)cn1)C(CF)N2. The molecule has 1 aliphatic carbocycles. The van der Waals surface area contributed by atoms with Crippen molar-refractivity contribution < 1.29 is 31.8 Å². The first-order valence-corrected chi connectivity index (χ1v) is 10.4. The Hall–Kier alpha value is -1.90. The Bertz CT molecular complexity index is 728. The number of hydrogen-bond acceptors (Lipinski definition) is 5. The minimum Gasteiger partial charge on any atom is -0.469 e. The van der Waals surface area contributed by atoms with Gasteiger partial charge in [-0.2, -0.15) is 13.2 Å². The fraction of sp³-hybridized carbons (Fsp3) is 0.714. The number of carbonyl (C=O) groups excluding carboxylic acids is 1. The first kappa shape index (κ1) is 22.8. The van der Waals surface area contributed by atoms with E-state index in [1.54, 1.807) is 6.92 Å². The zero-order chi connectivity index (χ0) is 21.9. The Morgan fingerprint density at radius 2 is 2.13 bits per heavy atom. The number of ether oxygens (including phenoxy) is 2. The lowest BCUT2D eigenvalue weighted by molar-refractivity contribution is -0.178. The quantitative estimate of drug-likeness (QED) is 0.350. The molecule has 0 radical (unpaired) electrons. The molecule has 2 heterocycles. The fourth-order valence-corrected chi connectivity index (χ4v) is 4.27. The van der Waals surface area contributed by atoms with Gasteiger partial charge in [0.05, 0.1) is 11.5 Å². The molecule has 5 unspecified atom stereocenters. The maximum Gasteiger partial charge on any atom is 0.417 e.